The summed E-state index contributed by atoms with van der Waals surface area (Å²) >= 11 is 13.0. The van der Waals surface area contributed by atoms with Crippen LogP contribution in [0.5, 0.6) is 0 Å². The maximum Gasteiger partial charge on any atom is 0.277 e. The lowest BCUT2D eigenvalue weighted by atomic mass is 10.2. The minimum Gasteiger partial charge on any atom is -0.411 e. The van der Waals surface area contributed by atoms with Crippen LogP contribution in [0.15, 0.2) is 52.1 Å². The second-order valence-electron chi connectivity index (χ2n) is 5.62. The Kier molecular flexibility index (Phi) is 6.36. The van der Waals surface area contributed by atoms with E-state index in [4.69, 9.17) is 27.6 Å². The van der Waals surface area contributed by atoms with Gasteiger partial charge in [-0.1, -0.05) is 41.0 Å². The van der Waals surface area contributed by atoms with Crippen molar-refractivity contribution < 1.29 is 13.6 Å². The highest BCUT2D eigenvalue weighted by molar-refractivity contribution is 7.99. The highest BCUT2D eigenvalue weighted by atomic mass is 35.5. The van der Waals surface area contributed by atoms with E-state index in [1.807, 2.05) is 0 Å². The molecule has 1 aromatic heterocycles. The Morgan fingerprint density at radius 1 is 1.19 bits per heavy atom. The number of amides is 1. The third-order valence-electron chi connectivity index (χ3n) is 3.70. The van der Waals surface area contributed by atoms with Crippen molar-refractivity contribution >= 4 is 40.9 Å². The Labute approximate surface area is 169 Å². The van der Waals surface area contributed by atoms with Gasteiger partial charge in [-0.25, -0.2) is 4.39 Å². The second kappa shape index (κ2) is 8.73. The summed E-state index contributed by atoms with van der Waals surface area (Å²) in [5, 5.41) is 9.04. The van der Waals surface area contributed by atoms with Gasteiger partial charge >= 0.3 is 0 Å². The fourth-order valence-electron chi connectivity index (χ4n) is 2.22. The third kappa shape index (κ3) is 5.00. The zero-order valence-corrected chi connectivity index (χ0v) is 16.5. The Morgan fingerprint density at radius 3 is 2.63 bits per heavy atom. The molecule has 0 aliphatic rings. The lowest BCUT2D eigenvalue weighted by molar-refractivity contribution is -0.127. The first-order valence-corrected chi connectivity index (χ1v) is 9.57. The Bertz CT molecular complexity index is 930. The van der Waals surface area contributed by atoms with Crippen LogP contribution in [0.3, 0.4) is 0 Å². The van der Waals surface area contributed by atoms with Crippen LogP contribution in [-0.2, 0) is 11.3 Å². The van der Waals surface area contributed by atoms with Gasteiger partial charge in [-0.3, -0.25) is 4.79 Å². The van der Waals surface area contributed by atoms with Crippen molar-refractivity contribution in [2.75, 3.05) is 12.8 Å². The molecule has 140 valence electrons. The molecule has 9 heteroatoms. The Hall–Kier alpha value is -2.09. The van der Waals surface area contributed by atoms with Crippen LogP contribution >= 0.6 is 35.0 Å². The van der Waals surface area contributed by atoms with E-state index in [0.29, 0.717) is 10.9 Å². The van der Waals surface area contributed by atoms with Gasteiger partial charge in [0.25, 0.3) is 5.22 Å². The van der Waals surface area contributed by atoms with Crippen molar-refractivity contribution in [3.8, 4) is 11.5 Å². The van der Waals surface area contributed by atoms with Gasteiger partial charge in [0.1, 0.15) is 5.82 Å². The number of thioether (sulfide) groups is 1. The van der Waals surface area contributed by atoms with E-state index in [1.54, 1.807) is 37.4 Å². The van der Waals surface area contributed by atoms with Gasteiger partial charge in [0.05, 0.1) is 5.75 Å². The molecule has 0 saturated heterocycles. The summed E-state index contributed by atoms with van der Waals surface area (Å²) < 4.78 is 19.4. The number of halogens is 3. The van der Waals surface area contributed by atoms with E-state index in [9.17, 15) is 9.18 Å². The molecule has 27 heavy (non-hydrogen) atoms. The molecular formula is C18H14Cl2FN3O2S. The summed E-state index contributed by atoms with van der Waals surface area (Å²) in [6, 6.07) is 11.4. The number of benzene rings is 2. The third-order valence-corrected chi connectivity index (χ3v) is 5.11. The summed E-state index contributed by atoms with van der Waals surface area (Å²) in [6.07, 6.45) is 0. The summed E-state index contributed by atoms with van der Waals surface area (Å²) in [7, 11) is 1.58. The first kappa shape index (κ1) is 19.7. The molecule has 0 atom stereocenters. The summed E-state index contributed by atoms with van der Waals surface area (Å²) in [5.74, 6) is -0.247. The van der Waals surface area contributed by atoms with E-state index >= 15 is 0 Å². The molecule has 0 unspecified atom stereocenters. The Balaban J connectivity index is 1.58. The van der Waals surface area contributed by atoms with Crippen LogP contribution in [0.25, 0.3) is 11.5 Å². The van der Waals surface area contributed by atoms with Crippen LogP contribution in [0.1, 0.15) is 5.56 Å². The standard InChI is InChI=1S/C18H14Cl2FN3O2S/c1-24(9-13-14(20)3-2-4-15(13)21)16(25)10-27-18-23-22-17(26-18)11-5-7-12(19)8-6-11/h2-8H,9-10H2,1H3. The molecule has 3 aromatic rings. The number of hydrogen-bond donors (Lipinski definition) is 0. The molecule has 0 aliphatic carbocycles. The van der Waals surface area contributed by atoms with Crippen molar-refractivity contribution in [3.63, 3.8) is 0 Å². The fourth-order valence-corrected chi connectivity index (χ4v) is 3.27. The van der Waals surface area contributed by atoms with Gasteiger partial charge in [0, 0.05) is 34.8 Å². The molecule has 0 spiro atoms. The maximum absolute atomic E-state index is 13.8. The van der Waals surface area contributed by atoms with E-state index < -0.39 is 5.82 Å². The van der Waals surface area contributed by atoms with E-state index in [0.717, 1.165) is 17.3 Å². The molecule has 5 nitrogen and oxygen atoms in total. The van der Waals surface area contributed by atoms with Gasteiger partial charge < -0.3 is 9.32 Å². The molecular weight excluding hydrogens is 412 g/mol. The minimum absolute atomic E-state index is 0.0742. The minimum atomic E-state index is -0.445. The summed E-state index contributed by atoms with van der Waals surface area (Å²) in [5.41, 5.74) is 1.01. The van der Waals surface area contributed by atoms with E-state index in [2.05, 4.69) is 10.2 Å². The lowest BCUT2D eigenvalue weighted by Gasteiger charge is -2.17. The zero-order valence-electron chi connectivity index (χ0n) is 14.2. The molecule has 0 fully saturated rings. The molecule has 0 radical (unpaired) electrons. The fraction of sp³-hybridized carbons (Fsp3) is 0.167. The monoisotopic (exact) mass is 425 g/mol. The van der Waals surface area contributed by atoms with Crippen molar-refractivity contribution in [1.29, 1.82) is 0 Å². The normalized spacial score (nSPS) is 10.8. The smallest absolute Gasteiger partial charge is 0.277 e. The topological polar surface area (TPSA) is 59.2 Å². The average molecular weight is 426 g/mol. The molecule has 1 amide bonds. The molecule has 3 rings (SSSR count). The van der Waals surface area contributed by atoms with Gasteiger partial charge in [-0.2, -0.15) is 0 Å². The largest absolute Gasteiger partial charge is 0.411 e. The van der Waals surface area contributed by atoms with Crippen molar-refractivity contribution in [1.82, 2.24) is 15.1 Å². The quantitative estimate of drug-likeness (QED) is 0.523. The molecule has 0 aliphatic heterocycles. The van der Waals surface area contributed by atoms with Crippen LogP contribution in [0.4, 0.5) is 4.39 Å². The number of carbonyl (C=O) groups excluding carboxylic acids is 1. The number of nitrogens with zero attached hydrogens (tertiary/aromatic N) is 3. The predicted molar refractivity (Wildman–Crippen MR) is 103 cm³/mol. The van der Waals surface area contributed by atoms with Crippen LogP contribution < -0.4 is 0 Å². The van der Waals surface area contributed by atoms with Crippen LogP contribution in [0, 0.1) is 5.82 Å². The first-order chi connectivity index (χ1) is 12.9. The highest BCUT2D eigenvalue weighted by Crippen LogP contribution is 2.25. The van der Waals surface area contributed by atoms with Gasteiger partial charge in [0.2, 0.25) is 11.8 Å². The lowest BCUT2D eigenvalue weighted by Crippen LogP contribution is -2.28. The van der Waals surface area contributed by atoms with Gasteiger partial charge in [-0.15, -0.1) is 10.2 Å². The summed E-state index contributed by atoms with van der Waals surface area (Å²) in [6.45, 7) is 0.0742. The number of carbonyl (C=O) groups is 1. The maximum atomic E-state index is 13.8. The predicted octanol–water partition coefficient (Wildman–Crippen LogP) is 4.93. The molecule has 1 heterocycles. The van der Waals surface area contributed by atoms with Crippen LogP contribution in [0.2, 0.25) is 10.0 Å². The second-order valence-corrected chi connectivity index (χ2v) is 7.39. The summed E-state index contributed by atoms with van der Waals surface area (Å²) in [4.78, 5) is 13.7. The van der Waals surface area contributed by atoms with E-state index in [1.165, 1.54) is 17.0 Å². The molecule has 0 N–H and O–H groups in total. The van der Waals surface area contributed by atoms with Crippen LogP contribution in [-0.4, -0.2) is 33.8 Å². The number of hydrogen-bond acceptors (Lipinski definition) is 5. The zero-order chi connectivity index (χ0) is 19.4. The van der Waals surface area contributed by atoms with Crippen molar-refractivity contribution in [2.45, 2.75) is 11.8 Å². The van der Waals surface area contributed by atoms with Gasteiger partial charge in [0.15, 0.2) is 0 Å². The molecule has 0 saturated carbocycles. The highest BCUT2D eigenvalue weighted by Gasteiger charge is 2.16. The number of aromatic nitrogens is 2. The van der Waals surface area contributed by atoms with Gasteiger partial charge in [-0.05, 0) is 36.4 Å². The first-order valence-electron chi connectivity index (χ1n) is 7.83. The van der Waals surface area contributed by atoms with Crippen molar-refractivity contribution in [3.05, 3.63) is 63.9 Å². The Morgan fingerprint density at radius 2 is 1.93 bits per heavy atom. The molecule has 2 aromatic carbocycles. The van der Waals surface area contributed by atoms with Crippen molar-refractivity contribution in [2.24, 2.45) is 0 Å². The number of rotatable bonds is 6. The average Bonchev–Trinajstić information content (AvgIpc) is 3.12. The molecule has 0 bridgehead atoms. The van der Waals surface area contributed by atoms with E-state index in [-0.39, 0.29) is 34.0 Å². The SMILES string of the molecule is CN(Cc1c(F)cccc1Cl)C(=O)CSc1nnc(-c2ccc(Cl)cc2)o1.